The van der Waals surface area contributed by atoms with Crippen molar-refractivity contribution >= 4 is 35.9 Å². The van der Waals surface area contributed by atoms with Gasteiger partial charge in [-0.1, -0.05) is 62.0 Å². The van der Waals surface area contributed by atoms with Crippen LogP contribution in [0.5, 0.6) is 0 Å². The van der Waals surface area contributed by atoms with Crippen molar-refractivity contribution in [3.63, 3.8) is 0 Å². The Morgan fingerprint density at radius 2 is 1.40 bits per heavy atom. The van der Waals surface area contributed by atoms with Crippen LogP contribution in [0.2, 0.25) is 0 Å². The third-order valence-corrected chi connectivity index (χ3v) is 11.2. The number of carbonyl (C=O) groups excluding carboxylic acids is 5. The Morgan fingerprint density at radius 1 is 0.811 bits per heavy atom. The fraction of sp³-hybridized carbons (Fsp3) is 0.452. The van der Waals surface area contributed by atoms with Crippen molar-refractivity contribution in [1.29, 1.82) is 0 Å². The molecule has 0 saturated heterocycles. The largest absolute Gasteiger partial charge is 0.462 e. The second-order valence-electron chi connectivity index (χ2n) is 15.0. The van der Waals surface area contributed by atoms with Crippen LogP contribution in [0, 0.1) is 16.7 Å². The molecule has 282 valence electrons. The van der Waals surface area contributed by atoms with Crippen molar-refractivity contribution < 1.29 is 52.8 Å². The Hall–Kier alpha value is -5.03. The van der Waals surface area contributed by atoms with Crippen molar-refractivity contribution in [3.8, 4) is 0 Å². The summed E-state index contributed by atoms with van der Waals surface area (Å²) in [5.74, 6) is -4.04. The monoisotopic (exact) mass is 728 g/mol. The van der Waals surface area contributed by atoms with E-state index in [1.807, 2.05) is 30.3 Å². The van der Waals surface area contributed by atoms with E-state index in [0.29, 0.717) is 16.7 Å². The van der Waals surface area contributed by atoms with E-state index < -0.39 is 82.7 Å². The topological polar surface area (TPSA) is 152 Å². The molecule has 0 bridgehead atoms. The van der Waals surface area contributed by atoms with E-state index in [9.17, 15) is 29.1 Å². The van der Waals surface area contributed by atoms with Crippen LogP contribution in [-0.4, -0.2) is 71.1 Å². The van der Waals surface area contributed by atoms with Crippen LogP contribution >= 0.6 is 0 Å². The predicted molar refractivity (Wildman–Crippen MR) is 194 cm³/mol. The zero-order valence-electron chi connectivity index (χ0n) is 31.3. The minimum absolute atomic E-state index is 0.0103. The summed E-state index contributed by atoms with van der Waals surface area (Å²) in [5, 5.41) is 12.3. The van der Waals surface area contributed by atoms with Gasteiger partial charge in [0.05, 0.1) is 16.6 Å². The molecule has 2 saturated carbocycles. The first-order valence-electron chi connectivity index (χ1n) is 17.7. The smallest absolute Gasteiger partial charge is 0.338 e. The number of esters is 5. The maximum atomic E-state index is 14.0. The van der Waals surface area contributed by atoms with Crippen LogP contribution < -0.4 is 0 Å². The standard InChI is InChI=1S/C42H48O11/c1-24-31-22-42(40(6,7)48)23-33(52-35(46)20-19-29-15-11-9-12-16-29)25(2)36(42)37(53-39(47)30-17-13-10-14-18-30)38(51-28(5)45)41(31,8)34(50-27(4)44)21-32(24)49-26(3)43/h9-20,31-34,37-38,48H,1,21-23H2,2-8H3/b20-19+/t31-,32+,33+,34+,37-,38+,41+,42+/m1/s1. The maximum absolute atomic E-state index is 14.0. The molecule has 0 unspecified atom stereocenters. The molecule has 53 heavy (non-hydrogen) atoms. The van der Waals surface area contributed by atoms with Gasteiger partial charge < -0.3 is 28.8 Å². The second kappa shape index (κ2) is 15.1. The third-order valence-electron chi connectivity index (χ3n) is 11.2. The fourth-order valence-corrected chi connectivity index (χ4v) is 8.64. The van der Waals surface area contributed by atoms with Gasteiger partial charge in [0.1, 0.15) is 18.3 Å². The summed E-state index contributed by atoms with van der Waals surface area (Å²) in [4.78, 5) is 65.6. The molecule has 2 fully saturated rings. The molecular weight excluding hydrogens is 680 g/mol. The van der Waals surface area contributed by atoms with Crippen LogP contribution in [0.3, 0.4) is 0 Å². The summed E-state index contributed by atoms with van der Waals surface area (Å²) in [5.41, 5.74) is -1.85. The highest BCUT2D eigenvalue weighted by Crippen LogP contribution is 2.65. The second-order valence-corrected chi connectivity index (χ2v) is 15.0. The van der Waals surface area contributed by atoms with Gasteiger partial charge in [-0.15, -0.1) is 0 Å². The molecule has 1 N–H and O–H groups in total. The van der Waals surface area contributed by atoms with Gasteiger partial charge in [-0.3, -0.25) is 14.4 Å². The quantitative estimate of drug-likeness (QED) is 0.138. The SMILES string of the molecule is C=C1[C@@H](OC(C)=O)C[C@H](OC(C)=O)[C@]2(C)[C@@H]1C[C@]1(C(C)(C)O)C[C@H](OC(=O)/C=C/c3ccccc3)C(C)=C1[C@@H](OC(=O)c1ccccc1)[C@@H]2OC(C)=O. The molecule has 0 spiro atoms. The molecule has 0 amide bonds. The average Bonchev–Trinajstić information content (AvgIpc) is 3.32. The van der Waals surface area contributed by atoms with Crippen molar-refractivity contribution in [1.82, 2.24) is 0 Å². The maximum Gasteiger partial charge on any atom is 0.338 e. The van der Waals surface area contributed by atoms with Gasteiger partial charge in [-0.05, 0) is 73.6 Å². The molecule has 11 nitrogen and oxygen atoms in total. The van der Waals surface area contributed by atoms with Crippen LogP contribution in [0.25, 0.3) is 6.08 Å². The van der Waals surface area contributed by atoms with Gasteiger partial charge in [0.15, 0.2) is 12.2 Å². The average molecular weight is 729 g/mol. The number of ether oxygens (including phenoxy) is 5. The highest BCUT2D eigenvalue weighted by molar-refractivity contribution is 5.90. The Bertz CT molecular complexity index is 1820. The number of hydrogen-bond acceptors (Lipinski definition) is 11. The molecular formula is C42H48O11. The Morgan fingerprint density at radius 3 is 1.96 bits per heavy atom. The third kappa shape index (κ3) is 7.71. The summed E-state index contributed by atoms with van der Waals surface area (Å²) < 4.78 is 30.4. The number of carbonyl (C=O) groups is 5. The summed E-state index contributed by atoms with van der Waals surface area (Å²) in [7, 11) is 0. The molecule has 3 aliphatic carbocycles. The van der Waals surface area contributed by atoms with Crippen molar-refractivity contribution in [2.45, 2.75) is 104 Å². The molecule has 0 aliphatic heterocycles. The van der Waals surface area contributed by atoms with E-state index in [-0.39, 0.29) is 24.8 Å². The first kappa shape index (κ1) is 39.2. The molecule has 2 aromatic rings. The van der Waals surface area contributed by atoms with Crippen molar-refractivity contribution in [3.05, 3.63) is 101 Å². The van der Waals surface area contributed by atoms with E-state index in [1.54, 1.807) is 64.1 Å². The zero-order chi connectivity index (χ0) is 38.9. The van der Waals surface area contributed by atoms with Gasteiger partial charge in [0.2, 0.25) is 0 Å². The molecule has 2 aromatic carbocycles. The van der Waals surface area contributed by atoms with E-state index in [0.717, 1.165) is 5.56 Å². The summed E-state index contributed by atoms with van der Waals surface area (Å²) in [6.45, 7) is 14.9. The first-order valence-corrected chi connectivity index (χ1v) is 17.7. The van der Waals surface area contributed by atoms with Gasteiger partial charge in [0.25, 0.3) is 0 Å². The van der Waals surface area contributed by atoms with E-state index in [2.05, 4.69) is 6.58 Å². The number of benzene rings is 2. The number of fused-ring (bicyclic) bond motifs is 2. The van der Waals surface area contributed by atoms with E-state index in [1.165, 1.54) is 26.8 Å². The predicted octanol–water partition coefficient (Wildman–Crippen LogP) is 6.10. The lowest BCUT2D eigenvalue weighted by Crippen LogP contribution is -2.60. The highest BCUT2D eigenvalue weighted by Gasteiger charge is 2.69. The molecule has 5 rings (SSSR count). The Balaban J connectivity index is 1.75. The molecule has 0 radical (unpaired) electrons. The van der Waals surface area contributed by atoms with Crippen LogP contribution in [0.4, 0.5) is 0 Å². The van der Waals surface area contributed by atoms with Crippen molar-refractivity contribution in [2.75, 3.05) is 0 Å². The Kier molecular flexibility index (Phi) is 11.2. The van der Waals surface area contributed by atoms with Gasteiger partial charge in [-0.25, -0.2) is 9.59 Å². The van der Waals surface area contributed by atoms with Crippen LogP contribution in [0.1, 0.15) is 83.7 Å². The molecule has 8 atom stereocenters. The lowest BCUT2D eigenvalue weighted by Gasteiger charge is -2.53. The van der Waals surface area contributed by atoms with Crippen molar-refractivity contribution in [2.24, 2.45) is 16.7 Å². The van der Waals surface area contributed by atoms with Crippen LogP contribution in [0.15, 0.2) is 90.0 Å². The van der Waals surface area contributed by atoms with Gasteiger partial charge in [0, 0.05) is 45.1 Å². The minimum atomic E-state index is -1.58. The molecule has 11 heteroatoms. The van der Waals surface area contributed by atoms with E-state index in [4.69, 9.17) is 23.7 Å². The van der Waals surface area contributed by atoms with E-state index >= 15 is 0 Å². The Labute approximate surface area is 310 Å². The molecule has 0 aromatic heterocycles. The zero-order valence-corrected chi connectivity index (χ0v) is 31.3. The molecule has 3 aliphatic rings. The highest BCUT2D eigenvalue weighted by atomic mass is 16.6. The number of aliphatic hydroxyl groups is 1. The fourth-order valence-electron chi connectivity index (χ4n) is 8.64. The van der Waals surface area contributed by atoms with Crippen LogP contribution in [-0.2, 0) is 42.9 Å². The summed E-state index contributed by atoms with van der Waals surface area (Å²) in [6.07, 6.45) is -2.43. The first-order chi connectivity index (χ1) is 24.9. The number of hydrogen-bond donors (Lipinski definition) is 1. The molecule has 0 heterocycles. The summed E-state index contributed by atoms with van der Waals surface area (Å²) >= 11 is 0. The normalized spacial score (nSPS) is 29.7. The summed E-state index contributed by atoms with van der Waals surface area (Å²) in [6, 6.07) is 17.5. The lowest BCUT2D eigenvalue weighted by atomic mass is 9.56. The lowest BCUT2D eigenvalue weighted by molar-refractivity contribution is -0.198. The minimum Gasteiger partial charge on any atom is -0.462 e. The van der Waals surface area contributed by atoms with Gasteiger partial charge in [-0.2, -0.15) is 0 Å². The number of rotatable bonds is 9. The van der Waals surface area contributed by atoms with Gasteiger partial charge >= 0.3 is 29.8 Å².